The van der Waals surface area contributed by atoms with E-state index in [-0.39, 0.29) is 43.9 Å². The Bertz CT molecular complexity index is 866. The normalized spacial score (nSPS) is 8.95. The average molecular weight is 774 g/mol. The fourth-order valence-electron chi connectivity index (χ4n) is 2.18. The van der Waals surface area contributed by atoms with Crippen molar-refractivity contribution in [1.82, 2.24) is 0 Å². The molecule has 0 aliphatic heterocycles. The third kappa shape index (κ3) is 36.4. The summed E-state index contributed by atoms with van der Waals surface area (Å²) in [5.74, 6) is 0. The first-order valence-corrected chi connectivity index (χ1v) is 18.1. The molecule has 0 saturated carbocycles. The van der Waals surface area contributed by atoms with Crippen LogP contribution in [0.4, 0.5) is 17.3 Å². The molecule has 0 heterocycles. The summed E-state index contributed by atoms with van der Waals surface area (Å²) in [7, 11) is -5.69. The smallest absolute Gasteiger partial charge is 0.418 e. The minimum Gasteiger partial charge on any atom is -0.418 e. The molecule has 0 amide bonds. The van der Waals surface area contributed by atoms with Crippen LogP contribution < -0.4 is 15.9 Å². The molecule has 0 N–H and O–H groups in total. The van der Waals surface area contributed by atoms with Gasteiger partial charge in [-0.15, -0.1) is 11.5 Å². The molecule has 0 fully saturated rings. The zero-order chi connectivity index (χ0) is 30.0. The summed E-state index contributed by atoms with van der Waals surface area (Å²) in [5.41, 5.74) is 4.50. The second kappa shape index (κ2) is 29.4. The van der Waals surface area contributed by atoms with Crippen LogP contribution in [0.25, 0.3) is 0 Å². The fraction of sp³-hybridized carbons (Fsp3) is 0.200. The minimum atomic E-state index is -6.00. The zero-order valence-corrected chi connectivity index (χ0v) is 28.8. The van der Waals surface area contributed by atoms with Gasteiger partial charge < -0.3 is 17.3 Å². The molecular weight excluding hydrogens is 732 g/mol. The van der Waals surface area contributed by atoms with Crippen molar-refractivity contribution in [2.45, 2.75) is 0 Å². The van der Waals surface area contributed by atoms with Gasteiger partial charge in [0.15, 0.2) is 0 Å². The van der Waals surface area contributed by atoms with Gasteiger partial charge >= 0.3 is 7.25 Å². The molecule has 217 valence electrons. The summed E-state index contributed by atoms with van der Waals surface area (Å²) in [5, 5.41) is 4.44. The van der Waals surface area contributed by atoms with Crippen LogP contribution in [-0.2, 0) is 20.1 Å². The summed E-state index contributed by atoms with van der Waals surface area (Å²) in [6, 6.07) is 31.9. The first kappa shape index (κ1) is 44.4. The Morgan fingerprint density at radius 2 is 0.590 bits per heavy atom. The number of halogens is 4. The van der Waals surface area contributed by atoms with E-state index in [0.717, 1.165) is 0 Å². The van der Waals surface area contributed by atoms with Crippen LogP contribution in [0, 0.1) is 0 Å². The molecule has 3 rings (SSSR count). The van der Waals surface area contributed by atoms with Crippen LogP contribution in [0.1, 0.15) is 0 Å². The molecule has 3 aromatic carbocycles. The molecule has 39 heavy (non-hydrogen) atoms. The van der Waals surface area contributed by atoms with Gasteiger partial charge in [-0.25, -0.2) is 0 Å². The second-order valence-corrected chi connectivity index (χ2v) is 14.6. The number of benzene rings is 3. The summed E-state index contributed by atoms with van der Waals surface area (Å²) in [4.78, 5) is 0. The maximum Gasteiger partial charge on any atom is 0.673 e. The van der Waals surface area contributed by atoms with Crippen LogP contribution in [0.15, 0.2) is 129 Å². The SMILES string of the molecule is C=C=C.C=C=C.CP(C)c1ccccc1.CP(C)c1ccccc1.CP(C)c1ccccc1.F[B-](F)(F)F.[Ir]. The molecule has 0 nitrogen and oxygen atoms in total. The summed E-state index contributed by atoms with van der Waals surface area (Å²) >= 11 is 0. The Hall–Kier alpha value is -1.58. The second-order valence-electron chi connectivity index (χ2n) is 7.68. The van der Waals surface area contributed by atoms with Crippen molar-refractivity contribution in [3.8, 4) is 0 Å². The van der Waals surface area contributed by atoms with E-state index in [1.54, 1.807) is 0 Å². The molecule has 0 spiro atoms. The van der Waals surface area contributed by atoms with Crippen molar-refractivity contribution >= 4 is 46.9 Å². The fourth-order valence-corrected chi connectivity index (χ4v) is 4.48. The molecule has 0 atom stereocenters. The molecule has 1 radical (unpaired) electrons. The van der Waals surface area contributed by atoms with E-state index in [4.69, 9.17) is 0 Å². The van der Waals surface area contributed by atoms with Crippen molar-refractivity contribution in [2.75, 3.05) is 40.0 Å². The number of hydrogen-bond donors (Lipinski definition) is 0. The summed E-state index contributed by atoms with van der Waals surface area (Å²) < 4.78 is 39.0. The maximum atomic E-state index is 9.75. The van der Waals surface area contributed by atoms with Crippen LogP contribution in [0.5, 0.6) is 0 Å². The standard InChI is InChI=1S/3C8H11P.2C3H4.BF4.Ir/c3*1-9(2)8-6-4-3-5-7-8;2*1-3-2;2-1(3,4)5;/h3*3-7H,1-2H3;2*1-2H2;;/q;;;;;-1;. The van der Waals surface area contributed by atoms with Gasteiger partial charge in [0.05, 0.1) is 0 Å². The average Bonchev–Trinajstić information content (AvgIpc) is 2.86. The van der Waals surface area contributed by atoms with Crippen molar-refractivity contribution in [1.29, 1.82) is 0 Å². The molecule has 9 heteroatoms. The van der Waals surface area contributed by atoms with Crippen molar-refractivity contribution in [3.05, 3.63) is 129 Å². The third-order valence-electron chi connectivity index (χ3n) is 3.82. The van der Waals surface area contributed by atoms with Gasteiger partial charge in [-0.05, 0) is 55.9 Å². The molecule has 0 unspecified atom stereocenters. The van der Waals surface area contributed by atoms with E-state index >= 15 is 0 Å². The first-order valence-electron chi connectivity index (χ1n) is 11.4. The molecule has 0 bridgehead atoms. The maximum absolute atomic E-state index is 9.75. The Kier molecular flexibility index (Phi) is 33.5. The van der Waals surface area contributed by atoms with Crippen molar-refractivity contribution < 1.29 is 37.4 Å². The zero-order valence-electron chi connectivity index (χ0n) is 23.8. The molecule has 0 saturated heterocycles. The van der Waals surface area contributed by atoms with Gasteiger partial charge in [0.2, 0.25) is 0 Å². The van der Waals surface area contributed by atoms with E-state index in [2.05, 4.69) is 169 Å². The topological polar surface area (TPSA) is 0 Å². The quantitative estimate of drug-likeness (QED) is 0.108. The Morgan fingerprint density at radius 1 is 0.462 bits per heavy atom. The molecule has 0 aliphatic carbocycles. The van der Waals surface area contributed by atoms with E-state index in [0.29, 0.717) is 0 Å². The molecule has 3 aromatic rings. The minimum absolute atomic E-state index is 0. The molecule has 0 aromatic heterocycles. The van der Waals surface area contributed by atoms with E-state index in [9.17, 15) is 17.3 Å². The largest absolute Gasteiger partial charge is 0.673 e. The van der Waals surface area contributed by atoms with Crippen LogP contribution in [-0.4, -0.2) is 47.2 Å². The van der Waals surface area contributed by atoms with Gasteiger partial charge in [-0.2, -0.15) is 0 Å². The monoisotopic (exact) mass is 774 g/mol. The Labute approximate surface area is 252 Å². The molecular formula is C30H41BF4IrP3-. The summed E-state index contributed by atoms with van der Waals surface area (Å²) in [6.45, 7) is 26.1. The Balaban J connectivity index is -0.000000198. The van der Waals surface area contributed by atoms with E-state index in [1.807, 2.05) is 0 Å². The number of rotatable bonds is 3. The number of hydrogen-bond acceptors (Lipinski definition) is 0. The van der Waals surface area contributed by atoms with Gasteiger partial charge in [0.25, 0.3) is 0 Å². The van der Waals surface area contributed by atoms with Gasteiger partial charge in [0, 0.05) is 20.1 Å². The van der Waals surface area contributed by atoms with Crippen LogP contribution in [0.3, 0.4) is 0 Å². The van der Waals surface area contributed by atoms with E-state index in [1.165, 1.54) is 15.9 Å². The van der Waals surface area contributed by atoms with Gasteiger partial charge in [0.1, 0.15) is 0 Å². The third-order valence-corrected chi connectivity index (χ3v) is 7.81. The van der Waals surface area contributed by atoms with Crippen molar-refractivity contribution in [3.63, 3.8) is 0 Å². The molecule has 0 aliphatic rings. The van der Waals surface area contributed by atoms with Crippen LogP contribution in [0.2, 0.25) is 0 Å². The van der Waals surface area contributed by atoms with Crippen molar-refractivity contribution in [2.24, 2.45) is 0 Å². The van der Waals surface area contributed by atoms with Crippen LogP contribution >= 0.6 is 23.8 Å². The summed E-state index contributed by atoms with van der Waals surface area (Å²) in [6.07, 6.45) is 0. The predicted octanol–water partition coefficient (Wildman–Crippen LogP) is 9.37. The first-order chi connectivity index (χ1) is 17.7. The van der Waals surface area contributed by atoms with Gasteiger partial charge in [-0.3, -0.25) is 0 Å². The van der Waals surface area contributed by atoms with E-state index < -0.39 is 7.25 Å². The Morgan fingerprint density at radius 3 is 0.667 bits per heavy atom. The predicted molar refractivity (Wildman–Crippen MR) is 174 cm³/mol. The van der Waals surface area contributed by atoms with Gasteiger partial charge in [-0.1, -0.05) is 141 Å².